The van der Waals surface area contributed by atoms with Crippen LogP contribution in [0.15, 0.2) is 21.6 Å². The molecule has 0 fully saturated rings. The second kappa shape index (κ2) is 8.08. The molecule has 0 atom stereocenters. The molecule has 0 bridgehead atoms. The van der Waals surface area contributed by atoms with Crippen molar-refractivity contribution >= 4 is 43.5 Å². The number of thioether (sulfide) groups is 1. The Morgan fingerprint density at radius 3 is 2.79 bits per heavy atom. The molecule has 8 heteroatoms. The molecule has 0 radical (unpaired) electrons. The van der Waals surface area contributed by atoms with E-state index in [2.05, 4.69) is 31.0 Å². The van der Waals surface area contributed by atoms with Crippen molar-refractivity contribution in [2.24, 2.45) is 0 Å². The average molecular weight is 368 g/mol. The van der Waals surface area contributed by atoms with Gasteiger partial charge < -0.3 is 5.32 Å². The molecule has 0 aliphatic rings. The Bertz CT molecular complexity index is 509. The van der Waals surface area contributed by atoms with Crippen LogP contribution in [-0.4, -0.2) is 39.0 Å². The van der Waals surface area contributed by atoms with E-state index in [0.29, 0.717) is 16.8 Å². The van der Waals surface area contributed by atoms with E-state index in [0.717, 1.165) is 18.6 Å². The highest BCUT2D eigenvalue weighted by molar-refractivity contribution is 9.10. The molecule has 0 spiro atoms. The van der Waals surface area contributed by atoms with Crippen LogP contribution in [-0.2, 0) is 10.0 Å². The summed E-state index contributed by atoms with van der Waals surface area (Å²) in [5, 5.41) is 2.79. The number of pyridine rings is 1. The topological polar surface area (TPSA) is 71.1 Å². The number of sulfonamides is 1. The molecular formula is C11H18BrN3O2S2. The van der Waals surface area contributed by atoms with Crippen molar-refractivity contribution in [3.63, 3.8) is 0 Å². The Labute approximate surface area is 127 Å². The van der Waals surface area contributed by atoms with Crippen molar-refractivity contribution in [1.82, 2.24) is 9.71 Å². The Hall–Kier alpha value is -0.310. The van der Waals surface area contributed by atoms with Crippen LogP contribution in [0, 0.1) is 0 Å². The van der Waals surface area contributed by atoms with Gasteiger partial charge in [-0.1, -0.05) is 0 Å². The van der Waals surface area contributed by atoms with Gasteiger partial charge in [0.25, 0.3) is 0 Å². The predicted molar refractivity (Wildman–Crippen MR) is 84.3 cm³/mol. The minimum Gasteiger partial charge on any atom is -0.372 e. The Morgan fingerprint density at radius 2 is 2.16 bits per heavy atom. The highest BCUT2D eigenvalue weighted by Gasteiger charge is 2.19. The van der Waals surface area contributed by atoms with Crippen molar-refractivity contribution < 1.29 is 8.42 Å². The molecule has 1 aromatic heterocycles. The second-order valence-corrected chi connectivity index (χ2v) is 7.48. The molecule has 2 N–H and O–H groups in total. The van der Waals surface area contributed by atoms with Crippen LogP contribution in [0.3, 0.4) is 0 Å². The quantitative estimate of drug-likeness (QED) is 0.689. The molecule has 108 valence electrons. The third-order valence-corrected chi connectivity index (χ3v) is 5.02. The van der Waals surface area contributed by atoms with E-state index in [4.69, 9.17) is 0 Å². The third kappa shape index (κ3) is 5.29. The molecule has 0 aromatic carbocycles. The smallest absolute Gasteiger partial charge is 0.244 e. The van der Waals surface area contributed by atoms with Crippen LogP contribution < -0.4 is 10.0 Å². The van der Waals surface area contributed by atoms with Gasteiger partial charge in [-0.25, -0.2) is 18.1 Å². The molecule has 0 amide bonds. The standard InChI is InChI=1S/C11H18BrN3O2S2/c1-13-11-10(7-9(12)8-14-11)19(16,17)15-5-3-4-6-18-2/h7-8,15H,3-6H2,1-2H3,(H,13,14). The molecule has 1 aromatic rings. The zero-order chi connectivity index (χ0) is 14.3. The van der Waals surface area contributed by atoms with E-state index < -0.39 is 10.0 Å². The zero-order valence-corrected chi connectivity index (χ0v) is 14.2. The van der Waals surface area contributed by atoms with Crippen molar-refractivity contribution in [3.8, 4) is 0 Å². The van der Waals surface area contributed by atoms with Crippen LogP contribution in [0.5, 0.6) is 0 Å². The zero-order valence-electron chi connectivity index (χ0n) is 10.9. The van der Waals surface area contributed by atoms with Crippen LogP contribution >= 0.6 is 27.7 Å². The molecule has 1 rings (SSSR count). The van der Waals surface area contributed by atoms with Gasteiger partial charge in [0.2, 0.25) is 10.0 Å². The first-order chi connectivity index (χ1) is 9.01. The van der Waals surface area contributed by atoms with Gasteiger partial charge in [0.05, 0.1) is 0 Å². The SMILES string of the molecule is CNc1ncc(Br)cc1S(=O)(=O)NCCCCSC. The van der Waals surface area contributed by atoms with Crippen LogP contribution in [0.2, 0.25) is 0 Å². The number of hydrogen-bond donors (Lipinski definition) is 2. The highest BCUT2D eigenvalue weighted by atomic mass is 79.9. The van der Waals surface area contributed by atoms with Gasteiger partial charge in [-0.2, -0.15) is 11.8 Å². The first-order valence-electron chi connectivity index (χ1n) is 5.83. The number of unbranched alkanes of at least 4 members (excludes halogenated alkanes) is 1. The molecule has 0 aliphatic carbocycles. The lowest BCUT2D eigenvalue weighted by Crippen LogP contribution is -2.26. The van der Waals surface area contributed by atoms with Gasteiger partial charge in [-0.05, 0) is 46.8 Å². The lowest BCUT2D eigenvalue weighted by molar-refractivity contribution is 0.578. The van der Waals surface area contributed by atoms with E-state index in [1.807, 2.05) is 6.26 Å². The monoisotopic (exact) mass is 367 g/mol. The first-order valence-corrected chi connectivity index (χ1v) is 9.50. The molecule has 0 saturated heterocycles. The van der Waals surface area contributed by atoms with Crippen LogP contribution in [0.1, 0.15) is 12.8 Å². The normalized spacial score (nSPS) is 11.5. The van der Waals surface area contributed by atoms with Crippen LogP contribution in [0.4, 0.5) is 5.82 Å². The minimum absolute atomic E-state index is 0.161. The summed E-state index contributed by atoms with van der Waals surface area (Å²) < 4.78 is 27.6. The van der Waals surface area contributed by atoms with Gasteiger partial charge in [-0.3, -0.25) is 0 Å². The maximum absolute atomic E-state index is 12.2. The number of rotatable bonds is 8. The number of hydrogen-bond acceptors (Lipinski definition) is 5. The Kier molecular flexibility index (Phi) is 7.12. The summed E-state index contributed by atoms with van der Waals surface area (Å²) in [5.74, 6) is 1.39. The van der Waals surface area contributed by atoms with Crippen molar-refractivity contribution in [2.75, 3.05) is 30.9 Å². The number of nitrogens with one attached hydrogen (secondary N) is 2. The van der Waals surface area contributed by atoms with E-state index in [1.165, 1.54) is 0 Å². The number of aromatic nitrogens is 1. The summed E-state index contributed by atoms with van der Waals surface area (Å²) in [6.45, 7) is 0.443. The molecule has 0 aliphatic heterocycles. The molecule has 0 saturated carbocycles. The van der Waals surface area contributed by atoms with Gasteiger partial charge >= 0.3 is 0 Å². The molecule has 1 heterocycles. The van der Waals surface area contributed by atoms with Crippen molar-refractivity contribution in [3.05, 3.63) is 16.7 Å². The third-order valence-electron chi connectivity index (χ3n) is 2.41. The first kappa shape index (κ1) is 16.7. The number of halogens is 1. The van der Waals surface area contributed by atoms with Gasteiger partial charge in [0.15, 0.2) is 0 Å². The lowest BCUT2D eigenvalue weighted by Gasteiger charge is -2.10. The minimum atomic E-state index is -3.52. The van der Waals surface area contributed by atoms with E-state index in [9.17, 15) is 8.42 Å². The van der Waals surface area contributed by atoms with Gasteiger partial charge in [-0.15, -0.1) is 0 Å². The van der Waals surface area contributed by atoms with E-state index in [-0.39, 0.29) is 4.90 Å². The van der Waals surface area contributed by atoms with Crippen molar-refractivity contribution in [2.45, 2.75) is 17.7 Å². The Balaban J connectivity index is 2.74. The highest BCUT2D eigenvalue weighted by Crippen LogP contribution is 2.22. The Morgan fingerprint density at radius 1 is 1.42 bits per heavy atom. The fourth-order valence-electron chi connectivity index (χ4n) is 1.47. The van der Waals surface area contributed by atoms with E-state index >= 15 is 0 Å². The summed E-state index contributed by atoms with van der Waals surface area (Å²) in [4.78, 5) is 4.20. The van der Waals surface area contributed by atoms with Gasteiger partial charge in [0.1, 0.15) is 10.7 Å². The predicted octanol–water partition coefficient (Wildman–Crippen LogP) is 2.31. The van der Waals surface area contributed by atoms with Gasteiger partial charge in [0, 0.05) is 24.3 Å². The summed E-state index contributed by atoms with van der Waals surface area (Å²) >= 11 is 5.00. The molecule has 0 unspecified atom stereocenters. The largest absolute Gasteiger partial charge is 0.372 e. The molecule has 19 heavy (non-hydrogen) atoms. The maximum Gasteiger partial charge on any atom is 0.244 e. The molecule has 5 nitrogen and oxygen atoms in total. The maximum atomic E-state index is 12.2. The summed E-state index contributed by atoms with van der Waals surface area (Å²) in [6, 6.07) is 1.54. The summed E-state index contributed by atoms with van der Waals surface area (Å²) in [6.07, 6.45) is 5.43. The lowest BCUT2D eigenvalue weighted by atomic mass is 10.3. The summed E-state index contributed by atoms with van der Waals surface area (Å²) in [7, 11) is -1.88. The van der Waals surface area contributed by atoms with Crippen molar-refractivity contribution in [1.29, 1.82) is 0 Å². The average Bonchev–Trinajstić information content (AvgIpc) is 2.38. The summed E-state index contributed by atoms with van der Waals surface area (Å²) in [5.41, 5.74) is 0. The fourth-order valence-corrected chi connectivity index (χ4v) is 3.70. The number of nitrogens with zero attached hydrogens (tertiary/aromatic N) is 1. The number of anilines is 1. The van der Waals surface area contributed by atoms with E-state index in [1.54, 1.807) is 31.1 Å². The molecular weight excluding hydrogens is 350 g/mol. The fraction of sp³-hybridized carbons (Fsp3) is 0.545. The second-order valence-electron chi connectivity index (χ2n) is 3.85. The van der Waals surface area contributed by atoms with Crippen LogP contribution in [0.25, 0.3) is 0 Å².